The van der Waals surface area contributed by atoms with E-state index in [2.05, 4.69) is 15.2 Å². The maximum atomic E-state index is 10.3. The number of amides is 1. The van der Waals surface area contributed by atoms with Gasteiger partial charge in [-0.05, 0) is 19.9 Å². The van der Waals surface area contributed by atoms with Gasteiger partial charge in [-0.2, -0.15) is 5.10 Å². The van der Waals surface area contributed by atoms with Gasteiger partial charge in [-0.25, -0.2) is 4.79 Å². The zero-order valence-corrected chi connectivity index (χ0v) is 9.69. The summed E-state index contributed by atoms with van der Waals surface area (Å²) in [6, 6.07) is 2.03. The second kappa shape index (κ2) is 6.12. The number of carbonyl (C=O) groups excluding carboxylic acids is 1. The van der Waals surface area contributed by atoms with Gasteiger partial charge in [-0.15, -0.1) is 0 Å². The average Bonchev–Trinajstić information content (AvgIpc) is 2.58. The van der Waals surface area contributed by atoms with Crippen LogP contribution in [0.3, 0.4) is 0 Å². The minimum absolute atomic E-state index is 0.286. The van der Waals surface area contributed by atoms with Crippen LogP contribution >= 0.6 is 0 Å². The molecule has 0 fully saturated rings. The predicted molar refractivity (Wildman–Crippen MR) is 59.9 cm³/mol. The first-order chi connectivity index (χ1) is 7.63. The van der Waals surface area contributed by atoms with Crippen LogP contribution in [0.15, 0.2) is 6.07 Å². The second-order valence-electron chi connectivity index (χ2n) is 3.44. The van der Waals surface area contributed by atoms with E-state index in [1.54, 1.807) is 0 Å². The van der Waals surface area contributed by atoms with E-state index in [0.29, 0.717) is 13.1 Å². The van der Waals surface area contributed by atoms with Gasteiger partial charge < -0.3 is 15.8 Å². The van der Waals surface area contributed by atoms with Gasteiger partial charge in [0.1, 0.15) is 6.61 Å². The number of hydrogen-bond acceptors (Lipinski definition) is 4. The van der Waals surface area contributed by atoms with E-state index in [-0.39, 0.29) is 6.61 Å². The van der Waals surface area contributed by atoms with Crippen LogP contribution in [0.5, 0.6) is 0 Å². The van der Waals surface area contributed by atoms with Crippen molar-refractivity contribution in [3.05, 3.63) is 17.5 Å². The highest BCUT2D eigenvalue weighted by Gasteiger charge is 2.02. The predicted octanol–water partition coefficient (Wildman–Crippen LogP) is 0.396. The molecule has 1 heterocycles. The highest BCUT2D eigenvalue weighted by atomic mass is 16.5. The van der Waals surface area contributed by atoms with Crippen LogP contribution in [0.2, 0.25) is 0 Å². The Hall–Kier alpha value is -1.56. The molecule has 6 nitrogen and oxygen atoms in total. The summed E-state index contributed by atoms with van der Waals surface area (Å²) in [7, 11) is 0. The molecule has 16 heavy (non-hydrogen) atoms. The Bertz CT molecular complexity index is 349. The van der Waals surface area contributed by atoms with Gasteiger partial charge in [0.15, 0.2) is 0 Å². The number of aryl methyl sites for hydroxylation is 2. The first-order valence-electron chi connectivity index (χ1n) is 5.29. The summed E-state index contributed by atoms with van der Waals surface area (Å²) in [6.45, 7) is 6.43. The summed E-state index contributed by atoms with van der Waals surface area (Å²) < 4.78 is 6.54. The molecule has 1 amide bonds. The summed E-state index contributed by atoms with van der Waals surface area (Å²) in [5.41, 5.74) is 6.96. The van der Waals surface area contributed by atoms with Gasteiger partial charge in [0, 0.05) is 19.6 Å². The summed E-state index contributed by atoms with van der Waals surface area (Å²) in [6.07, 6.45) is -0.740. The van der Waals surface area contributed by atoms with Crippen LogP contribution in [0.4, 0.5) is 4.79 Å². The summed E-state index contributed by atoms with van der Waals surface area (Å²) >= 11 is 0. The molecule has 0 saturated carbocycles. The first-order valence-corrected chi connectivity index (χ1v) is 5.29. The molecular formula is C10H18N4O2. The van der Waals surface area contributed by atoms with Crippen LogP contribution < -0.4 is 11.1 Å². The fourth-order valence-electron chi connectivity index (χ4n) is 1.46. The van der Waals surface area contributed by atoms with Crippen LogP contribution in [0.25, 0.3) is 0 Å². The quantitative estimate of drug-likeness (QED) is 0.688. The van der Waals surface area contributed by atoms with Crippen LogP contribution in [-0.2, 0) is 17.8 Å². The Labute approximate surface area is 94.8 Å². The van der Waals surface area contributed by atoms with Crippen molar-refractivity contribution in [1.82, 2.24) is 15.1 Å². The Morgan fingerprint density at radius 3 is 3.06 bits per heavy atom. The number of nitrogens with two attached hydrogens (primary N) is 1. The molecule has 1 aromatic rings. The van der Waals surface area contributed by atoms with E-state index in [4.69, 9.17) is 5.73 Å². The fraction of sp³-hybridized carbons (Fsp3) is 0.600. The molecule has 0 saturated heterocycles. The zero-order chi connectivity index (χ0) is 12.0. The lowest BCUT2D eigenvalue weighted by molar-refractivity contribution is 0.157. The molecule has 1 aromatic heterocycles. The van der Waals surface area contributed by atoms with Gasteiger partial charge in [0.25, 0.3) is 0 Å². The molecule has 0 spiro atoms. The largest absolute Gasteiger partial charge is 0.448 e. The summed E-state index contributed by atoms with van der Waals surface area (Å²) in [5, 5.41) is 7.48. The number of rotatable bonds is 6. The van der Waals surface area contributed by atoms with Crippen molar-refractivity contribution in [1.29, 1.82) is 0 Å². The topological polar surface area (TPSA) is 82.2 Å². The van der Waals surface area contributed by atoms with Crippen molar-refractivity contribution in [2.45, 2.75) is 26.9 Å². The Balaban J connectivity index is 2.28. The molecule has 0 bridgehead atoms. The van der Waals surface area contributed by atoms with E-state index in [1.807, 2.05) is 24.6 Å². The number of hydrogen-bond donors (Lipinski definition) is 2. The minimum Gasteiger partial charge on any atom is -0.448 e. The zero-order valence-electron chi connectivity index (χ0n) is 9.69. The number of carbonyl (C=O) groups is 1. The van der Waals surface area contributed by atoms with Gasteiger partial charge in [-0.3, -0.25) is 4.68 Å². The van der Waals surface area contributed by atoms with Crippen molar-refractivity contribution in [2.24, 2.45) is 5.73 Å². The maximum absolute atomic E-state index is 10.3. The van der Waals surface area contributed by atoms with E-state index < -0.39 is 6.09 Å². The Morgan fingerprint density at radius 2 is 2.44 bits per heavy atom. The van der Waals surface area contributed by atoms with E-state index in [1.165, 1.54) is 0 Å². The third-order valence-electron chi connectivity index (χ3n) is 2.11. The standard InChI is InChI=1S/C10H18N4O2/c1-3-14-9(6-8(2)13-14)7-12-4-5-16-10(11)15/h6,12H,3-5,7H2,1-2H3,(H2,11,15). The number of nitrogens with zero attached hydrogens (tertiary/aromatic N) is 2. The lowest BCUT2D eigenvalue weighted by atomic mass is 10.3. The van der Waals surface area contributed by atoms with Crippen LogP contribution in [0, 0.1) is 6.92 Å². The smallest absolute Gasteiger partial charge is 0.404 e. The van der Waals surface area contributed by atoms with Crippen LogP contribution in [-0.4, -0.2) is 29.0 Å². The number of nitrogens with one attached hydrogen (secondary N) is 1. The lowest BCUT2D eigenvalue weighted by Gasteiger charge is -2.06. The molecule has 0 aliphatic rings. The van der Waals surface area contributed by atoms with Crippen molar-refractivity contribution in [3.8, 4) is 0 Å². The Kier molecular flexibility index (Phi) is 4.78. The lowest BCUT2D eigenvalue weighted by Crippen LogP contribution is -2.24. The average molecular weight is 226 g/mol. The fourth-order valence-corrected chi connectivity index (χ4v) is 1.46. The van der Waals surface area contributed by atoms with E-state index >= 15 is 0 Å². The van der Waals surface area contributed by atoms with Crippen molar-refractivity contribution < 1.29 is 9.53 Å². The molecule has 0 atom stereocenters. The summed E-state index contributed by atoms with van der Waals surface area (Å²) in [4.78, 5) is 10.3. The SMILES string of the molecule is CCn1nc(C)cc1CNCCOC(N)=O. The maximum Gasteiger partial charge on any atom is 0.404 e. The van der Waals surface area contributed by atoms with Crippen molar-refractivity contribution >= 4 is 6.09 Å². The highest BCUT2D eigenvalue weighted by Crippen LogP contribution is 2.02. The van der Waals surface area contributed by atoms with Crippen molar-refractivity contribution in [2.75, 3.05) is 13.2 Å². The summed E-state index contributed by atoms with van der Waals surface area (Å²) in [5.74, 6) is 0. The monoisotopic (exact) mass is 226 g/mol. The molecule has 3 N–H and O–H groups in total. The molecule has 1 rings (SSSR count). The van der Waals surface area contributed by atoms with Gasteiger partial charge >= 0.3 is 6.09 Å². The third kappa shape index (κ3) is 3.90. The number of primary amides is 1. The molecular weight excluding hydrogens is 208 g/mol. The number of ether oxygens (including phenoxy) is 1. The first kappa shape index (κ1) is 12.5. The molecule has 90 valence electrons. The van der Waals surface area contributed by atoms with E-state index in [0.717, 1.165) is 17.9 Å². The van der Waals surface area contributed by atoms with Gasteiger partial charge in [0.05, 0.1) is 11.4 Å². The molecule has 0 radical (unpaired) electrons. The minimum atomic E-state index is -0.740. The molecule has 0 aliphatic heterocycles. The van der Waals surface area contributed by atoms with Gasteiger partial charge in [0.2, 0.25) is 0 Å². The normalized spacial score (nSPS) is 10.4. The van der Waals surface area contributed by atoms with Crippen molar-refractivity contribution in [3.63, 3.8) is 0 Å². The molecule has 0 aliphatic carbocycles. The molecule has 0 aromatic carbocycles. The molecule has 0 unspecified atom stereocenters. The molecule has 6 heteroatoms. The van der Waals surface area contributed by atoms with Crippen LogP contribution in [0.1, 0.15) is 18.3 Å². The highest BCUT2D eigenvalue weighted by molar-refractivity contribution is 5.64. The van der Waals surface area contributed by atoms with E-state index in [9.17, 15) is 4.79 Å². The Morgan fingerprint density at radius 1 is 1.69 bits per heavy atom. The van der Waals surface area contributed by atoms with Gasteiger partial charge in [-0.1, -0.05) is 0 Å². The third-order valence-corrected chi connectivity index (χ3v) is 2.11. The second-order valence-corrected chi connectivity index (χ2v) is 3.44. The number of aromatic nitrogens is 2.